The summed E-state index contributed by atoms with van der Waals surface area (Å²) in [5.41, 5.74) is 1.14. The predicted octanol–water partition coefficient (Wildman–Crippen LogP) is 6.96. The van der Waals surface area contributed by atoms with Crippen molar-refractivity contribution in [2.45, 2.75) is 114 Å². The number of oxazole rings is 1. The van der Waals surface area contributed by atoms with Crippen LogP contribution in [0.2, 0.25) is 0 Å². The highest BCUT2D eigenvalue weighted by Gasteiger charge is 2.30. The zero-order valence-corrected chi connectivity index (χ0v) is 27.8. The molecule has 11 nitrogen and oxygen atoms in total. The first-order valence-electron chi connectivity index (χ1n) is 15.0. The molecule has 0 amide bonds. The summed E-state index contributed by atoms with van der Waals surface area (Å²) in [6.07, 6.45) is 10.6. The first-order chi connectivity index (χ1) is 19.7. The van der Waals surface area contributed by atoms with Crippen molar-refractivity contribution in [3.05, 3.63) is 43.2 Å². The van der Waals surface area contributed by atoms with Gasteiger partial charge >= 0.3 is 0 Å². The summed E-state index contributed by atoms with van der Waals surface area (Å²) < 4.78 is 8.84. The van der Waals surface area contributed by atoms with Gasteiger partial charge in [0.2, 0.25) is 0 Å². The van der Waals surface area contributed by atoms with Crippen molar-refractivity contribution in [1.29, 1.82) is 0 Å². The van der Waals surface area contributed by atoms with E-state index in [2.05, 4.69) is 90.5 Å². The number of Topliss-reactive ketones (excluding diaryl/α,β-unsaturated/α-hetero) is 1. The third kappa shape index (κ3) is 14.9. The highest BCUT2D eigenvalue weighted by atomic mass is 16.4. The van der Waals surface area contributed by atoms with Gasteiger partial charge in [-0.3, -0.25) is 19.2 Å². The SMILES string of the molecule is CC(C)C(=O)C1CC1.CC(C)n1cncn1.CC(C)n1cncn1.CC1=NC(C(C)C)=NC1.Cc1cnc(C(C)C)o1. The number of carbonyl (C=O) groups excluding carboxylic acids is 1. The topological polar surface area (TPSA) is 129 Å². The molecule has 42 heavy (non-hydrogen) atoms. The molecule has 234 valence electrons. The summed E-state index contributed by atoms with van der Waals surface area (Å²) in [5.74, 6) is 4.79. The number of rotatable bonds is 6. The van der Waals surface area contributed by atoms with Crippen LogP contribution in [0.5, 0.6) is 0 Å². The zero-order valence-electron chi connectivity index (χ0n) is 27.8. The van der Waals surface area contributed by atoms with Gasteiger partial charge in [0.25, 0.3) is 0 Å². The third-order valence-electron chi connectivity index (χ3n) is 5.90. The van der Waals surface area contributed by atoms with Crippen molar-refractivity contribution in [1.82, 2.24) is 34.5 Å². The fourth-order valence-corrected chi connectivity index (χ4v) is 3.22. The number of carbonyl (C=O) groups is 1. The van der Waals surface area contributed by atoms with Gasteiger partial charge in [0.1, 0.15) is 42.7 Å². The Labute approximate surface area is 252 Å². The first-order valence-corrected chi connectivity index (χ1v) is 15.0. The number of hydrogen-bond acceptors (Lipinski definition) is 9. The first kappa shape index (κ1) is 36.5. The molecule has 0 aromatic carbocycles. The van der Waals surface area contributed by atoms with Crippen LogP contribution in [0.3, 0.4) is 0 Å². The lowest BCUT2D eigenvalue weighted by atomic mass is 10.1. The van der Waals surface area contributed by atoms with Crippen LogP contribution in [-0.4, -0.2) is 58.4 Å². The minimum Gasteiger partial charge on any atom is -0.446 e. The summed E-state index contributed by atoms with van der Waals surface area (Å²) in [4.78, 5) is 31.0. The monoisotopic (exact) mass is 583 g/mol. The van der Waals surface area contributed by atoms with Crippen LogP contribution in [0.25, 0.3) is 0 Å². The average molecular weight is 584 g/mol. The van der Waals surface area contributed by atoms with Crippen molar-refractivity contribution in [3.63, 3.8) is 0 Å². The van der Waals surface area contributed by atoms with E-state index in [-0.39, 0.29) is 5.92 Å². The second kappa shape index (κ2) is 18.8. The normalized spacial score (nSPS) is 13.8. The number of aliphatic imine (C=N–C) groups is 2. The summed E-state index contributed by atoms with van der Waals surface area (Å²) in [5, 5.41) is 7.84. The number of nitrogens with zero attached hydrogens (tertiary/aromatic N) is 9. The van der Waals surface area contributed by atoms with E-state index in [1.807, 2.05) is 27.7 Å². The van der Waals surface area contributed by atoms with Gasteiger partial charge in [-0.1, -0.05) is 41.5 Å². The van der Waals surface area contributed by atoms with Gasteiger partial charge in [-0.2, -0.15) is 10.2 Å². The Bertz CT molecular complexity index is 1140. The van der Waals surface area contributed by atoms with E-state index in [0.29, 0.717) is 35.6 Å². The Hall–Kier alpha value is -3.50. The number of amidine groups is 1. The van der Waals surface area contributed by atoms with E-state index >= 15 is 0 Å². The van der Waals surface area contributed by atoms with Crippen molar-refractivity contribution in [3.8, 4) is 0 Å². The van der Waals surface area contributed by atoms with E-state index in [1.54, 1.807) is 40.9 Å². The van der Waals surface area contributed by atoms with Gasteiger partial charge in [-0.25, -0.2) is 19.9 Å². The van der Waals surface area contributed by atoms with E-state index in [0.717, 1.165) is 42.6 Å². The fraction of sp³-hybridized carbons (Fsp3) is 0.677. The molecule has 5 rings (SSSR count). The molecule has 3 aromatic heterocycles. The lowest BCUT2D eigenvalue weighted by Gasteiger charge is -2.00. The minimum absolute atomic E-state index is 0.266. The molecule has 1 aliphatic heterocycles. The Morgan fingerprint density at radius 3 is 1.52 bits per heavy atom. The second-order valence-electron chi connectivity index (χ2n) is 11.9. The smallest absolute Gasteiger partial charge is 0.196 e. The molecular weight excluding hydrogens is 530 g/mol. The molecule has 0 N–H and O–H groups in total. The van der Waals surface area contributed by atoms with E-state index < -0.39 is 0 Å². The predicted molar refractivity (Wildman–Crippen MR) is 169 cm³/mol. The fourth-order valence-electron chi connectivity index (χ4n) is 3.22. The van der Waals surface area contributed by atoms with Crippen LogP contribution in [-0.2, 0) is 4.79 Å². The summed E-state index contributed by atoms with van der Waals surface area (Å²) in [6.45, 7) is 25.3. The van der Waals surface area contributed by atoms with Gasteiger partial charge < -0.3 is 4.42 Å². The maximum absolute atomic E-state index is 10.9. The van der Waals surface area contributed by atoms with Crippen molar-refractivity contribution in [2.24, 2.45) is 27.7 Å². The van der Waals surface area contributed by atoms with Gasteiger partial charge in [0.05, 0.1) is 12.7 Å². The number of aryl methyl sites for hydroxylation is 1. The Morgan fingerprint density at radius 2 is 1.36 bits per heavy atom. The lowest BCUT2D eigenvalue weighted by Crippen LogP contribution is -2.08. The number of ketones is 1. The van der Waals surface area contributed by atoms with Crippen molar-refractivity contribution in [2.75, 3.05) is 6.54 Å². The summed E-state index contributed by atoms with van der Waals surface area (Å²) >= 11 is 0. The molecule has 1 aliphatic carbocycles. The van der Waals surface area contributed by atoms with E-state index in [1.165, 1.54) is 0 Å². The highest BCUT2D eigenvalue weighted by molar-refractivity contribution is 6.03. The van der Waals surface area contributed by atoms with Crippen LogP contribution in [0.4, 0.5) is 0 Å². The molecule has 0 bridgehead atoms. The maximum atomic E-state index is 10.9. The van der Waals surface area contributed by atoms with Gasteiger partial charge in [0.15, 0.2) is 5.89 Å². The zero-order chi connectivity index (χ0) is 31.8. The van der Waals surface area contributed by atoms with Crippen LogP contribution in [0, 0.1) is 24.7 Å². The van der Waals surface area contributed by atoms with Gasteiger partial charge in [-0.05, 0) is 54.4 Å². The lowest BCUT2D eigenvalue weighted by molar-refractivity contribution is -0.123. The van der Waals surface area contributed by atoms with Crippen LogP contribution < -0.4 is 0 Å². The van der Waals surface area contributed by atoms with E-state index in [9.17, 15) is 4.79 Å². The summed E-state index contributed by atoms with van der Waals surface area (Å²) in [6, 6.07) is 0.856. The van der Waals surface area contributed by atoms with Crippen LogP contribution in [0.1, 0.15) is 119 Å². The molecule has 11 heteroatoms. The minimum atomic E-state index is 0.266. The standard InChI is InChI=1S/C7H12N2.C7H11NO.C7H12O.2C5H9N3/c2*1-5(2)7-8-4-6(3)9-7;1-5(2)7(8)6-3-4-6;2*1-5(2)8-4-6-3-7-8/h5H,4H2,1-3H3;4-5H,1-3H3;5-6H,3-4H2,1-2H3;2*3-5H,1-2H3. The Kier molecular flexibility index (Phi) is 16.4. The van der Waals surface area contributed by atoms with E-state index in [4.69, 9.17) is 4.42 Å². The molecule has 4 heterocycles. The van der Waals surface area contributed by atoms with Crippen molar-refractivity contribution < 1.29 is 9.21 Å². The number of aromatic nitrogens is 7. The highest BCUT2D eigenvalue weighted by Crippen LogP contribution is 2.32. The largest absolute Gasteiger partial charge is 0.446 e. The Balaban J connectivity index is 0.000000263. The molecule has 0 radical (unpaired) electrons. The quantitative estimate of drug-likeness (QED) is 0.307. The number of hydrogen-bond donors (Lipinski definition) is 0. The molecule has 3 aromatic rings. The average Bonchev–Trinajstić information content (AvgIpc) is 3.44. The maximum Gasteiger partial charge on any atom is 0.196 e. The van der Waals surface area contributed by atoms with Crippen LogP contribution >= 0.6 is 0 Å². The molecule has 0 spiro atoms. The van der Waals surface area contributed by atoms with Gasteiger partial charge in [-0.15, -0.1) is 0 Å². The second-order valence-corrected chi connectivity index (χ2v) is 11.9. The molecule has 0 saturated heterocycles. The Morgan fingerprint density at radius 1 is 0.833 bits per heavy atom. The molecule has 2 aliphatic rings. The van der Waals surface area contributed by atoms with Crippen molar-refractivity contribution >= 4 is 17.3 Å². The molecule has 0 atom stereocenters. The molecule has 1 fully saturated rings. The molecule has 0 unspecified atom stereocenters. The summed E-state index contributed by atoms with van der Waals surface area (Å²) in [7, 11) is 0. The molecular formula is C31H53N9O2. The molecule has 1 saturated carbocycles. The van der Waals surface area contributed by atoms with Crippen LogP contribution in [0.15, 0.2) is 45.9 Å². The van der Waals surface area contributed by atoms with Gasteiger partial charge in [0, 0.05) is 41.5 Å². The third-order valence-corrected chi connectivity index (χ3v) is 5.90.